The summed E-state index contributed by atoms with van der Waals surface area (Å²) >= 11 is 0. The van der Waals surface area contributed by atoms with Crippen molar-refractivity contribution >= 4 is 5.97 Å². The van der Waals surface area contributed by atoms with Gasteiger partial charge >= 0.3 is 5.97 Å². The van der Waals surface area contributed by atoms with Crippen molar-refractivity contribution in [2.45, 2.75) is 26.3 Å². The maximum Gasteiger partial charge on any atom is 0.324 e. The fourth-order valence-electron chi connectivity index (χ4n) is 0.846. The average Bonchev–Trinajstić information content (AvgIpc) is 1.98. The van der Waals surface area contributed by atoms with Crippen LogP contribution in [0.1, 0.15) is 20.3 Å². The maximum absolute atomic E-state index is 10.9. The van der Waals surface area contributed by atoms with E-state index in [2.05, 4.69) is 10.2 Å². The molecule has 0 saturated heterocycles. The summed E-state index contributed by atoms with van der Waals surface area (Å²) in [5.74, 6) is 5.27. The van der Waals surface area contributed by atoms with Crippen LogP contribution in [0.4, 0.5) is 0 Å². The zero-order chi connectivity index (χ0) is 8.85. The van der Waals surface area contributed by atoms with Crippen LogP contribution in [0.2, 0.25) is 0 Å². The van der Waals surface area contributed by atoms with E-state index in [-0.39, 0.29) is 12.0 Å². The summed E-state index contributed by atoms with van der Waals surface area (Å²) in [5.41, 5.74) is 2.41. The molecule has 0 unspecified atom stereocenters. The van der Waals surface area contributed by atoms with E-state index in [0.717, 1.165) is 0 Å². The van der Waals surface area contributed by atoms with Gasteiger partial charge in [0.1, 0.15) is 6.04 Å². The Morgan fingerprint density at radius 1 is 1.64 bits per heavy atom. The Morgan fingerprint density at radius 2 is 2.18 bits per heavy atom. The van der Waals surface area contributed by atoms with E-state index >= 15 is 0 Å². The Hall–Kier alpha value is -0.610. The molecule has 0 spiro atoms. The number of hydrogen-bond donors (Lipinski definition) is 2. The van der Waals surface area contributed by atoms with Gasteiger partial charge in [-0.1, -0.05) is 13.8 Å². The maximum atomic E-state index is 10.9. The van der Waals surface area contributed by atoms with Crippen LogP contribution in [0, 0.1) is 5.92 Å². The Labute approximate surface area is 67.1 Å². The molecule has 0 fully saturated rings. The van der Waals surface area contributed by atoms with Crippen LogP contribution in [0.15, 0.2) is 0 Å². The first kappa shape index (κ1) is 10.4. The molecular formula is C7H16N2O2. The molecule has 66 valence electrons. The Kier molecular flexibility index (Phi) is 4.81. The minimum atomic E-state index is -0.375. The van der Waals surface area contributed by atoms with Crippen molar-refractivity contribution in [2.75, 3.05) is 7.11 Å². The van der Waals surface area contributed by atoms with Crippen LogP contribution < -0.4 is 11.3 Å². The number of methoxy groups -OCH3 is 1. The summed E-state index contributed by atoms with van der Waals surface area (Å²) in [6, 6.07) is -0.375. The lowest BCUT2D eigenvalue weighted by molar-refractivity contribution is -0.143. The number of carbonyl (C=O) groups is 1. The van der Waals surface area contributed by atoms with Gasteiger partial charge in [-0.15, -0.1) is 0 Å². The molecule has 1 atom stereocenters. The van der Waals surface area contributed by atoms with Crippen LogP contribution in [-0.4, -0.2) is 19.1 Å². The highest BCUT2D eigenvalue weighted by molar-refractivity contribution is 5.75. The SMILES string of the molecule is COC(=O)[C@H](CC(C)C)NN. The van der Waals surface area contributed by atoms with Crippen molar-refractivity contribution in [2.24, 2.45) is 11.8 Å². The highest BCUT2D eigenvalue weighted by atomic mass is 16.5. The van der Waals surface area contributed by atoms with Crippen molar-refractivity contribution in [1.82, 2.24) is 5.43 Å². The highest BCUT2D eigenvalue weighted by Crippen LogP contribution is 2.04. The monoisotopic (exact) mass is 160 g/mol. The molecule has 0 heterocycles. The third-order valence-electron chi connectivity index (χ3n) is 1.39. The zero-order valence-electron chi connectivity index (χ0n) is 7.26. The van der Waals surface area contributed by atoms with Gasteiger partial charge < -0.3 is 4.74 Å². The fraction of sp³-hybridized carbons (Fsp3) is 0.857. The topological polar surface area (TPSA) is 64.3 Å². The van der Waals surface area contributed by atoms with E-state index in [9.17, 15) is 4.79 Å². The minimum absolute atomic E-state index is 0.304. The molecule has 11 heavy (non-hydrogen) atoms. The van der Waals surface area contributed by atoms with Gasteiger partial charge in [-0.3, -0.25) is 10.6 Å². The van der Waals surface area contributed by atoms with Crippen LogP contribution in [0.25, 0.3) is 0 Å². The predicted octanol–water partition coefficient (Wildman–Crippen LogP) is 0.0374. The first-order valence-electron chi connectivity index (χ1n) is 3.65. The smallest absolute Gasteiger partial charge is 0.324 e. The summed E-state index contributed by atoms with van der Waals surface area (Å²) in [4.78, 5) is 10.9. The fourth-order valence-corrected chi connectivity index (χ4v) is 0.846. The van der Waals surface area contributed by atoms with Gasteiger partial charge in [0.05, 0.1) is 7.11 Å². The van der Waals surface area contributed by atoms with Gasteiger partial charge in [0.2, 0.25) is 0 Å². The second-order valence-corrected chi connectivity index (χ2v) is 2.87. The molecule has 4 heteroatoms. The number of carbonyl (C=O) groups excluding carboxylic acids is 1. The Bertz CT molecular complexity index is 126. The number of rotatable bonds is 4. The highest BCUT2D eigenvalue weighted by Gasteiger charge is 2.17. The second kappa shape index (κ2) is 5.09. The quantitative estimate of drug-likeness (QED) is 0.346. The number of nitrogens with two attached hydrogens (primary N) is 1. The molecule has 0 aliphatic carbocycles. The summed E-state index contributed by atoms with van der Waals surface area (Å²) < 4.78 is 4.52. The lowest BCUT2D eigenvalue weighted by atomic mass is 10.0. The Morgan fingerprint density at radius 3 is 2.45 bits per heavy atom. The zero-order valence-corrected chi connectivity index (χ0v) is 7.26. The van der Waals surface area contributed by atoms with Crippen molar-refractivity contribution in [3.05, 3.63) is 0 Å². The summed E-state index contributed by atoms with van der Waals surface area (Å²) in [7, 11) is 1.35. The van der Waals surface area contributed by atoms with Crippen LogP contribution >= 0.6 is 0 Å². The van der Waals surface area contributed by atoms with Gasteiger partial charge in [0.25, 0.3) is 0 Å². The molecule has 0 bridgehead atoms. The number of hydrogen-bond acceptors (Lipinski definition) is 4. The number of hydrazine groups is 1. The standard InChI is InChI=1S/C7H16N2O2/c1-5(2)4-6(9-8)7(10)11-3/h5-6,9H,4,8H2,1-3H3/t6-/m0/s1. The minimum Gasteiger partial charge on any atom is -0.468 e. The summed E-state index contributed by atoms with van der Waals surface area (Å²) in [6.45, 7) is 4.04. The van der Waals surface area contributed by atoms with Crippen molar-refractivity contribution in [3.8, 4) is 0 Å². The lowest BCUT2D eigenvalue weighted by Gasteiger charge is -2.14. The van der Waals surface area contributed by atoms with E-state index in [0.29, 0.717) is 12.3 Å². The summed E-state index contributed by atoms with van der Waals surface area (Å²) in [5, 5.41) is 0. The van der Waals surface area contributed by atoms with Crippen LogP contribution in [0.5, 0.6) is 0 Å². The van der Waals surface area contributed by atoms with E-state index in [1.165, 1.54) is 7.11 Å². The molecule has 0 aliphatic rings. The Balaban J connectivity index is 3.84. The molecule has 0 radical (unpaired) electrons. The van der Waals surface area contributed by atoms with E-state index in [1.807, 2.05) is 13.8 Å². The molecule has 4 nitrogen and oxygen atoms in total. The second-order valence-electron chi connectivity index (χ2n) is 2.87. The predicted molar refractivity (Wildman–Crippen MR) is 42.6 cm³/mol. The normalized spacial score (nSPS) is 13.2. The van der Waals surface area contributed by atoms with Gasteiger partial charge in [0.15, 0.2) is 0 Å². The first-order chi connectivity index (χ1) is 5.11. The summed E-state index contributed by atoms with van der Waals surface area (Å²) in [6.07, 6.45) is 0.698. The molecule has 0 amide bonds. The van der Waals surface area contributed by atoms with E-state index in [1.54, 1.807) is 0 Å². The number of esters is 1. The van der Waals surface area contributed by atoms with Gasteiger partial charge in [-0.05, 0) is 12.3 Å². The van der Waals surface area contributed by atoms with Crippen molar-refractivity contribution in [1.29, 1.82) is 0 Å². The van der Waals surface area contributed by atoms with E-state index < -0.39 is 0 Å². The molecule has 0 aromatic heterocycles. The largest absolute Gasteiger partial charge is 0.468 e. The lowest BCUT2D eigenvalue weighted by Crippen LogP contribution is -2.42. The number of nitrogens with one attached hydrogen (secondary N) is 1. The number of ether oxygens (including phenoxy) is 1. The van der Waals surface area contributed by atoms with Gasteiger partial charge in [-0.2, -0.15) is 0 Å². The van der Waals surface area contributed by atoms with Crippen LogP contribution in [0.3, 0.4) is 0 Å². The third kappa shape index (κ3) is 3.95. The molecule has 0 saturated carbocycles. The first-order valence-corrected chi connectivity index (χ1v) is 3.65. The third-order valence-corrected chi connectivity index (χ3v) is 1.39. The van der Waals surface area contributed by atoms with Gasteiger partial charge in [-0.25, -0.2) is 5.43 Å². The van der Waals surface area contributed by atoms with E-state index in [4.69, 9.17) is 5.84 Å². The molecule has 0 aromatic rings. The molecule has 0 aliphatic heterocycles. The molecule has 0 rings (SSSR count). The van der Waals surface area contributed by atoms with Crippen LogP contribution in [-0.2, 0) is 9.53 Å². The van der Waals surface area contributed by atoms with Gasteiger partial charge in [0, 0.05) is 0 Å². The molecule has 3 N–H and O–H groups in total. The van der Waals surface area contributed by atoms with Crippen molar-refractivity contribution in [3.63, 3.8) is 0 Å². The average molecular weight is 160 g/mol. The molecular weight excluding hydrogens is 144 g/mol. The van der Waals surface area contributed by atoms with Crippen molar-refractivity contribution < 1.29 is 9.53 Å². The molecule has 0 aromatic carbocycles.